The molecule has 0 radical (unpaired) electrons. The number of carbonyl (C=O) groups is 1. The summed E-state index contributed by atoms with van der Waals surface area (Å²) in [4.78, 5) is 10.6. The largest absolute Gasteiger partial charge is 0.479 e. The molecule has 4 heteroatoms. The van der Waals surface area contributed by atoms with Gasteiger partial charge in [-0.3, -0.25) is 0 Å². The van der Waals surface area contributed by atoms with Crippen LogP contribution in [0.15, 0.2) is 0 Å². The highest BCUT2D eigenvalue weighted by Crippen LogP contribution is 2.29. The molecule has 0 spiro atoms. The lowest BCUT2D eigenvalue weighted by atomic mass is 10.0. The standard InChI is InChI=1S/C7H13NO3/c1-7(6(9)10)3-2-5(4-8)11-7/h5H,2-4,8H2,1H3,(H,9,10). The number of nitrogens with two attached hydrogens (primary N) is 1. The minimum atomic E-state index is -0.996. The fourth-order valence-electron chi connectivity index (χ4n) is 1.25. The SMILES string of the molecule is CC1(C(=O)O)CCC(CN)O1. The second kappa shape index (κ2) is 2.79. The second-order valence-electron chi connectivity index (χ2n) is 3.05. The van der Waals surface area contributed by atoms with E-state index in [4.69, 9.17) is 15.6 Å². The Labute approximate surface area is 65.3 Å². The van der Waals surface area contributed by atoms with Gasteiger partial charge in [0.05, 0.1) is 6.10 Å². The Bertz CT molecular complexity index is 171. The maximum Gasteiger partial charge on any atom is 0.335 e. The molecule has 0 aromatic rings. The number of carboxylic acids is 1. The lowest BCUT2D eigenvalue weighted by molar-refractivity contribution is -0.161. The van der Waals surface area contributed by atoms with Gasteiger partial charge in [-0.1, -0.05) is 0 Å². The first-order valence-electron chi connectivity index (χ1n) is 3.70. The molecular formula is C7H13NO3. The fraction of sp³-hybridized carbons (Fsp3) is 0.857. The van der Waals surface area contributed by atoms with Crippen molar-refractivity contribution in [2.45, 2.75) is 31.5 Å². The van der Waals surface area contributed by atoms with Gasteiger partial charge in [-0.05, 0) is 19.8 Å². The molecule has 1 fully saturated rings. The third-order valence-electron chi connectivity index (χ3n) is 2.09. The summed E-state index contributed by atoms with van der Waals surface area (Å²) in [6, 6.07) is 0. The highest BCUT2D eigenvalue weighted by atomic mass is 16.5. The Morgan fingerprint density at radius 2 is 2.55 bits per heavy atom. The third-order valence-corrected chi connectivity index (χ3v) is 2.09. The van der Waals surface area contributed by atoms with E-state index in [1.54, 1.807) is 6.92 Å². The second-order valence-corrected chi connectivity index (χ2v) is 3.05. The first kappa shape index (κ1) is 8.49. The van der Waals surface area contributed by atoms with Crippen LogP contribution in [0, 0.1) is 0 Å². The summed E-state index contributed by atoms with van der Waals surface area (Å²) < 4.78 is 5.23. The van der Waals surface area contributed by atoms with Crippen molar-refractivity contribution in [1.29, 1.82) is 0 Å². The van der Waals surface area contributed by atoms with Crippen molar-refractivity contribution in [1.82, 2.24) is 0 Å². The van der Waals surface area contributed by atoms with Gasteiger partial charge in [-0.2, -0.15) is 0 Å². The Hall–Kier alpha value is -0.610. The predicted octanol–water partition coefficient (Wildman–Crippen LogP) is -0.0326. The van der Waals surface area contributed by atoms with E-state index in [1.807, 2.05) is 0 Å². The van der Waals surface area contributed by atoms with Crippen molar-refractivity contribution in [2.75, 3.05) is 6.54 Å². The maximum absolute atomic E-state index is 10.6. The molecule has 4 nitrogen and oxygen atoms in total. The molecule has 1 heterocycles. The van der Waals surface area contributed by atoms with Crippen LogP contribution in [0.25, 0.3) is 0 Å². The normalized spacial score (nSPS) is 37.5. The first-order valence-corrected chi connectivity index (χ1v) is 3.70. The Kier molecular flexibility index (Phi) is 2.15. The van der Waals surface area contributed by atoms with Gasteiger partial charge in [0.15, 0.2) is 5.60 Å². The van der Waals surface area contributed by atoms with Crippen molar-refractivity contribution < 1.29 is 14.6 Å². The van der Waals surface area contributed by atoms with Gasteiger partial charge in [-0.15, -0.1) is 0 Å². The molecule has 0 aromatic heterocycles. The molecule has 64 valence electrons. The van der Waals surface area contributed by atoms with Crippen LogP contribution in [0.1, 0.15) is 19.8 Å². The van der Waals surface area contributed by atoms with Crippen LogP contribution in [0.4, 0.5) is 0 Å². The molecule has 1 saturated heterocycles. The number of carboxylic acid groups (broad SMARTS) is 1. The van der Waals surface area contributed by atoms with Crippen LogP contribution in [0.5, 0.6) is 0 Å². The summed E-state index contributed by atoms with van der Waals surface area (Å²) in [5, 5.41) is 8.72. The molecule has 1 aliphatic heterocycles. The van der Waals surface area contributed by atoms with Crippen molar-refractivity contribution in [3.05, 3.63) is 0 Å². The Balaban J connectivity index is 2.57. The average molecular weight is 159 g/mol. The number of ether oxygens (including phenoxy) is 1. The van der Waals surface area contributed by atoms with E-state index in [0.717, 1.165) is 6.42 Å². The quantitative estimate of drug-likeness (QED) is 0.593. The molecule has 0 aliphatic carbocycles. The summed E-state index contributed by atoms with van der Waals surface area (Å²) in [5.41, 5.74) is 4.34. The average Bonchev–Trinajstić information content (AvgIpc) is 2.33. The van der Waals surface area contributed by atoms with Gasteiger partial charge in [0.2, 0.25) is 0 Å². The Morgan fingerprint density at radius 3 is 2.82 bits per heavy atom. The molecule has 0 amide bonds. The minimum absolute atomic E-state index is 0.0731. The van der Waals surface area contributed by atoms with Gasteiger partial charge in [0.1, 0.15) is 0 Å². The zero-order valence-corrected chi connectivity index (χ0v) is 6.54. The van der Waals surface area contributed by atoms with Crippen molar-refractivity contribution >= 4 is 5.97 Å². The minimum Gasteiger partial charge on any atom is -0.479 e. The number of hydrogen-bond donors (Lipinski definition) is 2. The zero-order valence-electron chi connectivity index (χ0n) is 6.54. The van der Waals surface area contributed by atoms with Gasteiger partial charge < -0.3 is 15.6 Å². The van der Waals surface area contributed by atoms with E-state index in [9.17, 15) is 4.79 Å². The number of hydrogen-bond acceptors (Lipinski definition) is 3. The van der Waals surface area contributed by atoms with E-state index < -0.39 is 11.6 Å². The summed E-state index contributed by atoms with van der Waals surface area (Å²) in [7, 11) is 0. The summed E-state index contributed by atoms with van der Waals surface area (Å²) in [6.45, 7) is 1.99. The highest BCUT2D eigenvalue weighted by Gasteiger charge is 2.41. The van der Waals surface area contributed by atoms with E-state index >= 15 is 0 Å². The highest BCUT2D eigenvalue weighted by molar-refractivity contribution is 5.77. The number of rotatable bonds is 2. The molecule has 2 unspecified atom stereocenters. The summed E-state index contributed by atoms with van der Waals surface area (Å²) >= 11 is 0. The molecule has 0 bridgehead atoms. The Morgan fingerprint density at radius 1 is 1.91 bits per heavy atom. The van der Waals surface area contributed by atoms with E-state index in [-0.39, 0.29) is 6.10 Å². The molecule has 0 aromatic carbocycles. The summed E-state index contributed by atoms with van der Waals surface area (Å²) in [6.07, 6.45) is 1.24. The van der Waals surface area contributed by atoms with Gasteiger partial charge >= 0.3 is 5.97 Å². The van der Waals surface area contributed by atoms with Crippen LogP contribution in [-0.4, -0.2) is 29.3 Å². The molecule has 2 atom stereocenters. The fourth-order valence-corrected chi connectivity index (χ4v) is 1.25. The van der Waals surface area contributed by atoms with Crippen LogP contribution < -0.4 is 5.73 Å². The lowest BCUT2D eigenvalue weighted by Crippen LogP contribution is -2.36. The van der Waals surface area contributed by atoms with E-state index in [0.29, 0.717) is 13.0 Å². The van der Waals surface area contributed by atoms with Crippen molar-refractivity contribution in [3.63, 3.8) is 0 Å². The molecular weight excluding hydrogens is 146 g/mol. The van der Waals surface area contributed by atoms with Gasteiger partial charge in [0, 0.05) is 6.54 Å². The molecule has 1 aliphatic rings. The first-order chi connectivity index (χ1) is 5.08. The molecule has 3 N–H and O–H groups in total. The topological polar surface area (TPSA) is 72.5 Å². The molecule has 11 heavy (non-hydrogen) atoms. The smallest absolute Gasteiger partial charge is 0.335 e. The monoisotopic (exact) mass is 159 g/mol. The third kappa shape index (κ3) is 1.52. The predicted molar refractivity (Wildman–Crippen MR) is 39.2 cm³/mol. The summed E-state index contributed by atoms with van der Waals surface area (Å²) in [5.74, 6) is -0.895. The van der Waals surface area contributed by atoms with Crippen LogP contribution in [0.3, 0.4) is 0 Å². The van der Waals surface area contributed by atoms with Gasteiger partial charge in [0.25, 0.3) is 0 Å². The molecule has 0 saturated carbocycles. The van der Waals surface area contributed by atoms with Crippen molar-refractivity contribution in [2.24, 2.45) is 5.73 Å². The van der Waals surface area contributed by atoms with Crippen LogP contribution >= 0.6 is 0 Å². The number of aliphatic carboxylic acids is 1. The molecule has 1 rings (SSSR count). The van der Waals surface area contributed by atoms with Crippen molar-refractivity contribution in [3.8, 4) is 0 Å². The zero-order chi connectivity index (χ0) is 8.48. The van der Waals surface area contributed by atoms with Gasteiger partial charge in [-0.25, -0.2) is 4.79 Å². The lowest BCUT2D eigenvalue weighted by Gasteiger charge is -2.18. The van der Waals surface area contributed by atoms with Crippen LogP contribution in [-0.2, 0) is 9.53 Å². The van der Waals surface area contributed by atoms with Crippen LogP contribution in [0.2, 0.25) is 0 Å². The van der Waals surface area contributed by atoms with E-state index in [2.05, 4.69) is 0 Å². The maximum atomic E-state index is 10.6. The van der Waals surface area contributed by atoms with E-state index in [1.165, 1.54) is 0 Å².